The summed E-state index contributed by atoms with van der Waals surface area (Å²) >= 11 is 0. The molecule has 0 rings (SSSR count). The first kappa shape index (κ1) is 122. The minimum atomic E-state index is -4.95. The number of carbonyl (C=O) groups is 3. The van der Waals surface area contributed by atoms with Crippen molar-refractivity contribution in [2.75, 3.05) is 39.6 Å². The molecule has 0 aromatic heterocycles. The molecule has 0 amide bonds. The third-order valence-corrected chi connectivity index (χ3v) is 24.1. The third kappa shape index (κ3) is 102. The van der Waals surface area contributed by atoms with Crippen molar-refractivity contribution in [1.29, 1.82) is 0 Å². The Morgan fingerprint density at radius 3 is 0.661 bits per heavy atom. The summed E-state index contributed by atoms with van der Waals surface area (Å²) in [5.41, 5.74) is 0. The van der Waals surface area contributed by atoms with Crippen molar-refractivity contribution < 1.29 is 75.8 Å². The summed E-state index contributed by atoms with van der Waals surface area (Å²) in [7, 11) is -9.82. The lowest BCUT2D eigenvalue weighted by Crippen LogP contribution is -2.30. The van der Waals surface area contributed by atoms with E-state index in [1.54, 1.807) is 0 Å². The molecule has 732 valence electrons. The molecule has 16 nitrogen and oxygen atoms in total. The monoisotopic (exact) mass is 1820 g/mol. The third-order valence-electron chi connectivity index (χ3n) is 22.2. The number of allylic oxidation sites excluding steroid dienone is 26. The van der Waals surface area contributed by atoms with E-state index in [9.17, 15) is 43.5 Å². The van der Waals surface area contributed by atoms with E-state index in [1.165, 1.54) is 257 Å². The molecule has 0 heterocycles. The van der Waals surface area contributed by atoms with Crippen LogP contribution in [0.25, 0.3) is 0 Å². The summed E-state index contributed by atoms with van der Waals surface area (Å²) in [6.45, 7) is 2.59. The largest absolute Gasteiger partial charge is 0.472 e. The summed E-state index contributed by atoms with van der Waals surface area (Å²) in [6, 6.07) is 0. The van der Waals surface area contributed by atoms with E-state index in [-0.39, 0.29) is 19.3 Å². The quantitative estimate of drug-likeness (QED) is 0.0146. The van der Waals surface area contributed by atoms with Gasteiger partial charge in [-0.1, -0.05) is 442 Å². The summed E-state index contributed by atoms with van der Waals surface area (Å²) in [6.07, 6.45) is 130. The van der Waals surface area contributed by atoms with Gasteiger partial charge in [-0.2, -0.15) is 0 Å². The van der Waals surface area contributed by atoms with E-state index in [2.05, 4.69) is 179 Å². The Morgan fingerprint density at radius 2 is 0.417 bits per heavy atom. The first-order chi connectivity index (χ1) is 62.2. The molecule has 0 fully saturated rings. The van der Waals surface area contributed by atoms with Crippen molar-refractivity contribution in [3.05, 3.63) is 158 Å². The second-order valence-electron chi connectivity index (χ2n) is 34.6. The van der Waals surface area contributed by atoms with E-state index >= 15 is 0 Å². The predicted octanol–water partition coefficient (Wildman–Crippen LogP) is 32.8. The molecule has 0 spiro atoms. The van der Waals surface area contributed by atoms with Gasteiger partial charge in [0.1, 0.15) is 25.4 Å². The van der Waals surface area contributed by atoms with Gasteiger partial charge >= 0.3 is 33.6 Å². The molecule has 0 saturated carbocycles. The van der Waals surface area contributed by atoms with Gasteiger partial charge in [-0.15, -0.1) is 0 Å². The highest BCUT2D eigenvalue weighted by Crippen LogP contribution is 2.45. The SMILES string of the molecule is CC/C=C\C/C=C\C/C=C\C/C=C\C/C=C\CCCCCCCCCCCCCCCCCCCC(=O)OCC(O)COP(=O)(O)OCC(O)COP(=O)(O)OCC(COC(=O)CCCCCCCCCCCCCCCCCCC/C=C\C/C=C\C/C=C\C/C=C\CCCCC)OC(=O)CCCCCCCCCCC/C=C\C/C=C\C/C=C\C/C=C\CCCCC. The van der Waals surface area contributed by atoms with E-state index in [0.29, 0.717) is 19.3 Å². The maximum absolute atomic E-state index is 13.1. The summed E-state index contributed by atoms with van der Waals surface area (Å²) in [5.74, 6) is -1.56. The minimum Gasteiger partial charge on any atom is -0.463 e. The van der Waals surface area contributed by atoms with Crippen LogP contribution in [0.2, 0.25) is 0 Å². The minimum absolute atomic E-state index is 0.0964. The lowest BCUT2D eigenvalue weighted by atomic mass is 10.0. The van der Waals surface area contributed by atoms with Crippen LogP contribution in [-0.4, -0.2) is 95.9 Å². The number of unbranched alkanes of at least 4 members (excludes halogenated alkanes) is 49. The summed E-state index contributed by atoms with van der Waals surface area (Å²) in [4.78, 5) is 59.2. The molecule has 0 aliphatic carbocycles. The Hall–Kier alpha value is -4.83. The van der Waals surface area contributed by atoms with Crippen molar-refractivity contribution in [3.63, 3.8) is 0 Å². The fourth-order valence-corrected chi connectivity index (χ4v) is 16.0. The highest BCUT2D eigenvalue weighted by Gasteiger charge is 2.30. The van der Waals surface area contributed by atoms with Gasteiger partial charge in [-0.3, -0.25) is 32.5 Å². The lowest BCUT2D eigenvalue weighted by molar-refractivity contribution is -0.161. The molecule has 5 unspecified atom stereocenters. The fourth-order valence-electron chi connectivity index (χ4n) is 14.4. The smallest absolute Gasteiger partial charge is 0.463 e. The molecule has 0 radical (unpaired) electrons. The Labute approximate surface area is 778 Å². The molecule has 0 aromatic rings. The number of hydrogen-bond acceptors (Lipinski definition) is 14. The topological polar surface area (TPSA) is 231 Å². The fraction of sp³-hybridized carbons (Fsp3) is 0.734. The predicted molar refractivity (Wildman–Crippen MR) is 537 cm³/mol. The van der Waals surface area contributed by atoms with Crippen LogP contribution in [0.15, 0.2) is 158 Å². The molecule has 0 aliphatic rings. The number of phosphoric acid groups is 2. The number of ether oxygens (including phenoxy) is 3. The van der Waals surface area contributed by atoms with Gasteiger partial charge in [0, 0.05) is 19.3 Å². The first-order valence-electron chi connectivity index (χ1n) is 51.8. The lowest BCUT2D eigenvalue weighted by Gasteiger charge is -2.21. The Balaban J connectivity index is 4.58. The zero-order valence-electron chi connectivity index (χ0n) is 81.2. The van der Waals surface area contributed by atoms with Gasteiger partial charge < -0.3 is 34.2 Å². The molecule has 0 aromatic carbocycles. The van der Waals surface area contributed by atoms with Gasteiger partial charge in [-0.25, -0.2) is 9.13 Å². The number of aliphatic hydroxyl groups excluding tert-OH is 2. The molecule has 0 saturated heterocycles. The van der Waals surface area contributed by atoms with Gasteiger partial charge in [0.2, 0.25) is 0 Å². The van der Waals surface area contributed by atoms with E-state index < -0.39 is 91.5 Å². The van der Waals surface area contributed by atoms with E-state index in [0.717, 1.165) is 141 Å². The molecule has 0 aliphatic heterocycles. The Kier molecular flexibility index (Phi) is 96.4. The second-order valence-corrected chi connectivity index (χ2v) is 37.5. The number of carbonyl (C=O) groups excluding carboxylic acids is 3. The molecule has 4 N–H and O–H groups in total. The maximum Gasteiger partial charge on any atom is 0.472 e. The standard InChI is InChI=1S/C109H190O16P2/c1-4-7-10-13-16-19-22-25-28-31-34-37-40-43-45-47-49-51-53-55-57-60-62-65-68-71-74-77-80-83-86-89-92-95-107(112)119-98-104(110)99-121-126(115,116)122-100-105(111)101-123-127(117,118)124-103-106(125-109(114)97-94-91-88-85-82-79-76-73-70-67-64-59-42-39-36-33-30-27-24-21-18-15-12-9-6-3)102-120-108(113)96-93-90-87-84-81-78-75-72-69-66-63-61-58-56-54-52-50-48-46-44-41-38-35-32-29-26-23-20-17-14-11-8-5-2/h7,10,16-21,25-30,34-39,43-46,59,64,104-106,110-111H,4-6,8-9,11-15,22-24,31-33,40-42,47-58,60-63,65-103H2,1-3H3,(H,115,116)(H,117,118)/b10-7-,19-16-,20-17-,21-18-,28-25-,29-26-,30-27-,37-34-,38-35-,39-36-,45-43-,46-44-,64-59-. The molecular weight excluding hydrogens is 1630 g/mol. The summed E-state index contributed by atoms with van der Waals surface area (Å²) < 4.78 is 61.7. The normalized spacial score (nSPS) is 14.3. The molecule has 0 bridgehead atoms. The Bertz CT molecular complexity index is 2940. The molecule has 127 heavy (non-hydrogen) atoms. The number of rotatable bonds is 98. The van der Waals surface area contributed by atoms with Crippen LogP contribution in [0.3, 0.4) is 0 Å². The highest BCUT2D eigenvalue weighted by molar-refractivity contribution is 7.47. The maximum atomic E-state index is 13.1. The van der Waals surface area contributed by atoms with Crippen LogP contribution in [0.1, 0.15) is 457 Å². The van der Waals surface area contributed by atoms with Gasteiger partial charge in [0.25, 0.3) is 0 Å². The van der Waals surface area contributed by atoms with E-state index in [4.69, 9.17) is 32.3 Å². The van der Waals surface area contributed by atoms with Crippen LogP contribution >= 0.6 is 15.6 Å². The van der Waals surface area contributed by atoms with Crippen molar-refractivity contribution in [2.24, 2.45) is 0 Å². The van der Waals surface area contributed by atoms with Crippen LogP contribution in [0, 0.1) is 0 Å². The number of esters is 3. The zero-order valence-corrected chi connectivity index (χ0v) is 82.9. The molecular formula is C109H190O16P2. The number of aliphatic hydroxyl groups is 2. The second kappa shape index (κ2) is 100. The van der Waals surface area contributed by atoms with Crippen LogP contribution in [0.5, 0.6) is 0 Å². The van der Waals surface area contributed by atoms with Crippen LogP contribution in [0.4, 0.5) is 0 Å². The Morgan fingerprint density at radius 1 is 0.228 bits per heavy atom. The summed E-state index contributed by atoms with van der Waals surface area (Å²) in [5, 5.41) is 20.8. The van der Waals surface area contributed by atoms with Crippen LogP contribution in [-0.2, 0) is 55.8 Å². The highest BCUT2D eigenvalue weighted by atomic mass is 31.2. The molecule has 18 heteroatoms. The van der Waals surface area contributed by atoms with Gasteiger partial charge in [0.05, 0.1) is 26.4 Å². The van der Waals surface area contributed by atoms with Crippen molar-refractivity contribution in [1.82, 2.24) is 0 Å². The van der Waals surface area contributed by atoms with Gasteiger partial charge in [-0.05, 0) is 154 Å². The van der Waals surface area contributed by atoms with Crippen molar-refractivity contribution in [2.45, 2.75) is 476 Å². The number of phosphoric ester groups is 2. The van der Waals surface area contributed by atoms with Crippen LogP contribution < -0.4 is 0 Å². The van der Waals surface area contributed by atoms with E-state index in [1.807, 2.05) is 0 Å². The average molecular weight is 1820 g/mol. The average Bonchev–Trinajstić information content (AvgIpc) is 0.899. The van der Waals surface area contributed by atoms with Crippen molar-refractivity contribution >= 4 is 33.6 Å². The van der Waals surface area contributed by atoms with Crippen molar-refractivity contribution in [3.8, 4) is 0 Å². The van der Waals surface area contributed by atoms with Gasteiger partial charge in [0.15, 0.2) is 6.10 Å². The first-order valence-corrected chi connectivity index (χ1v) is 54.8. The zero-order chi connectivity index (χ0) is 92.1. The number of hydrogen-bond donors (Lipinski definition) is 4. The molecule has 5 atom stereocenters.